The van der Waals surface area contributed by atoms with Gasteiger partial charge in [0.25, 0.3) is 0 Å². The number of carbonyl (C=O) groups is 1. The first-order valence-electron chi connectivity index (χ1n) is 7.14. The second kappa shape index (κ2) is 6.08. The fourth-order valence-electron chi connectivity index (χ4n) is 2.74. The number of aryl methyl sites for hydroxylation is 1. The quantitative estimate of drug-likeness (QED) is 0.883. The molecule has 22 heavy (non-hydrogen) atoms. The molecule has 1 aliphatic rings. The third-order valence-electron chi connectivity index (χ3n) is 3.87. The van der Waals surface area contributed by atoms with Crippen molar-refractivity contribution in [2.24, 2.45) is 0 Å². The summed E-state index contributed by atoms with van der Waals surface area (Å²) in [6.07, 6.45) is 0.688. The standard InChI is InChI=1S/C15H17FN4OS/c1-9-13-4-3-12(16)7-11(13)5-6-20(9)14(21)8-22-15-17-10(2)18-19-15/h3-4,7,9H,5-6,8H2,1-2H3,(H,17,18,19). The first kappa shape index (κ1) is 15.0. The summed E-state index contributed by atoms with van der Waals surface area (Å²) in [7, 11) is 0. The lowest BCUT2D eigenvalue weighted by atomic mass is 9.93. The van der Waals surface area contributed by atoms with Crippen LogP contribution in [0.25, 0.3) is 0 Å². The number of carbonyl (C=O) groups excluding carboxylic acids is 1. The fourth-order valence-corrected chi connectivity index (χ4v) is 3.47. The Labute approximate surface area is 132 Å². The van der Waals surface area contributed by atoms with E-state index in [1.807, 2.05) is 18.7 Å². The molecule has 1 N–H and O–H groups in total. The van der Waals surface area contributed by atoms with Crippen molar-refractivity contribution >= 4 is 17.7 Å². The third-order valence-corrected chi connectivity index (χ3v) is 4.70. The number of rotatable bonds is 3. The van der Waals surface area contributed by atoms with E-state index in [0.29, 0.717) is 23.9 Å². The van der Waals surface area contributed by atoms with Crippen molar-refractivity contribution < 1.29 is 9.18 Å². The van der Waals surface area contributed by atoms with Crippen molar-refractivity contribution in [1.82, 2.24) is 20.1 Å². The first-order valence-corrected chi connectivity index (χ1v) is 8.13. The van der Waals surface area contributed by atoms with Gasteiger partial charge in [-0.15, -0.1) is 5.10 Å². The SMILES string of the molecule is Cc1nc(SCC(=O)N2CCc3cc(F)ccc3C2C)n[nH]1. The number of hydrogen-bond donors (Lipinski definition) is 1. The monoisotopic (exact) mass is 320 g/mol. The van der Waals surface area contributed by atoms with E-state index in [-0.39, 0.29) is 17.8 Å². The van der Waals surface area contributed by atoms with Gasteiger partial charge in [-0.1, -0.05) is 17.8 Å². The van der Waals surface area contributed by atoms with Crippen molar-refractivity contribution in [1.29, 1.82) is 0 Å². The summed E-state index contributed by atoms with van der Waals surface area (Å²) >= 11 is 1.32. The number of nitrogens with one attached hydrogen (secondary N) is 1. The number of thioether (sulfide) groups is 1. The molecule has 7 heteroatoms. The van der Waals surface area contributed by atoms with E-state index in [1.165, 1.54) is 17.8 Å². The Balaban J connectivity index is 1.67. The predicted molar refractivity (Wildman–Crippen MR) is 82.1 cm³/mol. The Morgan fingerprint density at radius 2 is 2.36 bits per heavy atom. The molecule has 1 atom stereocenters. The maximum Gasteiger partial charge on any atom is 0.233 e. The molecule has 116 valence electrons. The Bertz CT molecular complexity index is 703. The number of amides is 1. The minimum absolute atomic E-state index is 0.0358. The summed E-state index contributed by atoms with van der Waals surface area (Å²) in [5.41, 5.74) is 2.02. The molecule has 0 spiro atoms. The van der Waals surface area contributed by atoms with Crippen LogP contribution in [-0.2, 0) is 11.2 Å². The summed E-state index contributed by atoms with van der Waals surface area (Å²) in [6, 6.07) is 4.76. The van der Waals surface area contributed by atoms with Gasteiger partial charge in [0, 0.05) is 6.54 Å². The van der Waals surface area contributed by atoms with Gasteiger partial charge in [0.1, 0.15) is 11.6 Å². The average molecular weight is 320 g/mol. The summed E-state index contributed by atoms with van der Waals surface area (Å²) < 4.78 is 13.3. The molecule has 1 aliphatic heterocycles. The number of hydrogen-bond acceptors (Lipinski definition) is 4. The highest BCUT2D eigenvalue weighted by molar-refractivity contribution is 7.99. The molecule has 0 fully saturated rings. The van der Waals surface area contributed by atoms with Crippen molar-refractivity contribution in [3.8, 4) is 0 Å². The van der Waals surface area contributed by atoms with Crippen LogP contribution in [0.5, 0.6) is 0 Å². The van der Waals surface area contributed by atoms with E-state index < -0.39 is 0 Å². The highest BCUT2D eigenvalue weighted by atomic mass is 32.2. The van der Waals surface area contributed by atoms with Crippen molar-refractivity contribution in [3.63, 3.8) is 0 Å². The van der Waals surface area contributed by atoms with Gasteiger partial charge in [0.05, 0.1) is 11.8 Å². The van der Waals surface area contributed by atoms with E-state index in [2.05, 4.69) is 15.2 Å². The molecular formula is C15H17FN4OS. The van der Waals surface area contributed by atoms with Gasteiger partial charge in [-0.3, -0.25) is 9.89 Å². The molecule has 0 saturated heterocycles. The van der Waals surface area contributed by atoms with Gasteiger partial charge in [0.15, 0.2) is 0 Å². The number of fused-ring (bicyclic) bond motifs is 1. The van der Waals surface area contributed by atoms with Crippen LogP contribution in [0.2, 0.25) is 0 Å². The summed E-state index contributed by atoms with van der Waals surface area (Å²) in [5.74, 6) is 0.867. The normalized spacial score (nSPS) is 17.4. The number of benzene rings is 1. The molecule has 1 amide bonds. The van der Waals surface area contributed by atoms with E-state index in [1.54, 1.807) is 12.1 Å². The van der Waals surface area contributed by atoms with Crippen LogP contribution in [0.4, 0.5) is 4.39 Å². The molecule has 5 nitrogen and oxygen atoms in total. The molecular weight excluding hydrogens is 303 g/mol. The van der Waals surface area contributed by atoms with E-state index >= 15 is 0 Å². The zero-order chi connectivity index (χ0) is 15.7. The summed E-state index contributed by atoms with van der Waals surface area (Å²) in [6.45, 7) is 4.42. The fraction of sp³-hybridized carbons (Fsp3) is 0.400. The number of halogens is 1. The van der Waals surface area contributed by atoms with Crippen LogP contribution in [0.3, 0.4) is 0 Å². The van der Waals surface area contributed by atoms with Crippen LogP contribution < -0.4 is 0 Å². The third kappa shape index (κ3) is 2.99. The largest absolute Gasteiger partial charge is 0.335 e. The Morgan fingerprint density at radius 3 is 3.09 bits per heavy atom. The van der Waals surface area contributed by atoms with Gasteiger partial charge < -0.3 is 4.90 Å². The molecule has 1 unspecified atom stereocenters. The van der Waals surface area contributed by atoms with Gasteiger partial charge in [-0.25, -0.2) is 9.37 Å². The highest BCUT2D eigenvalue weighted by Gasteiger charge is 2.27. The van der Waals surface area contributed by atoms with Crippen LogP contribution >= 0.6 is 11.8 Å². The predicted octanol–water partition coefficient (Wildman–Crippen LogP) is 2.49. The lowest BCUT2D eigenvalue weighted by Gasteiger charge is -2.35. The first-order chi connectivity index (χ1) is 10.5. The van der Waals surface area contributed by atoms with E-state index in [0.717, 1.165) is 17.0 Å². The molecule has 0 bridgehead atoms. The molecule has 1 aromatic heterocycles. The maximum atomic E-state index is 13.3. The number of nitrogens with zero attached hydrogens (tertiary/aromatic N) is 3. The summed E-state index contributed by atoms with van der Waals surface area (Å²) in [5, 5.41) is 7.35. The van der Waals surface area contributed by atoms with Crippen molar-refractivity contribution in [2.45, 2.75) is 31.5 Å². The maximum absolute atomic E-state index is 13.3. The molecule has 0 aliphatic carbocycles. The van der Waals surface area contributed by atoms with Crippen molar-refractivity contribution in [3.05, 3.63) is 41.0 Å². The second-order valence-corrected chi connectivity index (χ2v) is 6.29. The molecule has 0 saturated carbocycles. The van der Waals surface area contributed by atoms with Gasteiger partial charge >= 0.3 is 0 Å². The lowest BCUT2D eigenvalue weighted by Crippen LogP contribution is -2.39. The number of aromatic amines is 1. The Hall–Kier alpha value is -1.89. The Morgan fingerprint density at radius 1 is 1.55 bits per heavy atom. The van der Waals surface area contributed by atoms with E-state index in [9.17, 15) is 9.18 Å². The summed E-state index contributed by atoms with van der Waals surface area (Å²) in [4.78, 5) is 18.4. The minimum atomic E-state index is -0.221. The smallest absolute Gasteiger partial charge is 0.233 e. The van der Waals surface area contributed by atoms with Crippen LogP contribution in [-0.4, -0.2) is 38.3 Å². The number of H-pyrrole nitrogens is 1. The zero-order valence-corrected chi connectivity index (χ0v) is 13.3. The molecule has 1 aromatic carbocycles. The van der Waals surface area contributed by atoms with Crippen molar-refractivity contribution in [2.75, 3.05) is 12.3 Å². The Kier molecular flexibility index (Phi) is 4.15. The number of aromatic nitrogens is 3. The van der Waals surface area contributed by atoms with Crippen LogP contribution in [0, 0.1) is 12.7 Å². The van der Waals surface area contributed by atoms with Crippen LogP contribution in [0.1, 0.15) is 29.9 Å². The average Bonchev–Trinajstić information content (AvgIpc) is 2.90. The topological polar surface area (TPSA) is 61.9 Å². The lowest BCUT2D eigenvalue weighted by molar-refractivity contribution is -0.130. The van der Waals surface area contributed by atoms with Gasteiger partial charge in [-0.2, -0.15) is 0 Å². The van der Waals surface area contributed by atoms with Gasteiger partial charge in [0.2, 0.25) is 11.1 Å². The zero-order valence-electron chi connectivity index (χ0n) is 12.5. The van der Waals surface area contributed by atoms with Gasteiger partial charge in [-0.05, 0) is 43.5 Å². The molecule has 0 radical (unpaired) electrons. The molecule has 2 aromatic rings. The molecule has 2 heterocycles. The highest BCUT2D eigenvalue weighted by Crippen LogP contribution is 2.30. The van der Waals surface area contributed by atoms with E-state index in [4.69, 9.17) is 0 Å². The second-order valence-electron chi connectivity index (χ2n) is 5.35. The molecule has 3 rings (SSSR count). The minimum Gasteiger partial charge on any atom is -0.335 e. The van der Waals surface area contributed by atoms with Crippen LogP contribution in [0.15, 0.2) is 23.4 Å².